The lowest BCUT2D eigenvalue weighted by atomic mass is 9.75. The monoisotopic (exact) mass is 362 g/mol. The second kappa shape index (κ2) is 7.72. The first-order chi connectivity index (χ1) is 13.2. The summed E-state index contributed by atoms with van der Waals surface area (Å²) in [5, 5.41) is 19.6. The molecule has 4 rings (SSSR count). The number of aliphatic hydroxyl groups excluding tert-OH is 1. The Bertz CT molecular complexity index is 890. The van der Waals surface area contributed by atoms with E-state index >= 15 is 0 Å². The molecular formula is C21H22N4O2. The molecule has 6 nitrogen and oxygen atoms in total. The van der Waals surface area contributed by atoms with Crippen LogP contribution in [-0.2, 0) is 6.42 Å². The molecule has 27 heavy (non-hydrogen) atoms. The van der Waals surface area contributed by atoms with Crippen LogP contribution in [0.1, 0.15) is 28.8 Å². The molecule has 1 amide bonds. The maximum atomic E-state index is 13.1. The number of aliphatic hydroxyl groups is 1. The van der Waals surface area contributed by atoms with Gasteiger partial charge in [0.1, 0.15) is 6.33 Å². The fourth-order valence-electron chi connectivity index (χ4n) is 3.63. The minimum absolute atomic E-state index is 0.0221. The van der Waals surface area contributed by atoms with E-state index in [0.717, 1.165) is 24.8 Å². The lowest BCUT2D eigenvalue weighted by Crippen LogP contribution is -2.48. The third-order valence-corrected chi connectivity index (χ3v) is 5.18. The number of nitrogens with zero attached hydrogens (tertiary/aromatic N) is 2. The van der Waals surface area contributed by atoms with Crippen molar-refractivity contribution in [1.82, 2.24) is 20.5 Å². The number of benzene rings is 2. The van der Waals surface area contributed by atoms with Crippen molar-refractivity contribution in [2.75, 3.05) is 0 Å². The number of aromatic nitrogens is 3. The second-order valence-corrected chi connectivity index (χ2v) is 7.03. The van der Waals surface area contributed by atoms with Crippen LogP contribution in [-0.4, -0.2) is 38.3 Å². The summed E-state index contributed by atoms with van der Waals surface area (Å²) in [6.45, 7) is 0. The average Bonchev–Trinajstić information content (AvgIpc) is 3.20. The van der Waals surface area contributed by atoms with Crippen LogP contribution in [0, 0.1) is 5.92 Å². The van der Waals surface area contributed by atoms with Gasteiger partial charge in [0.05, 0.1) is 11.7 Å². The average molecular weight is 362 g/mol. The van der Waals surface area contributed by atoms with Crippen LogP contribution < -0.4 is 5.32 Å². The van der Waals surface area contributed by atoms with E-state index in [1.807, 2.05) is 36.4 Å². The molecule has 138 valence electrons. The first kappa shape index (κ1) is 17.4. The largest absolute Gasteiger partial charge is 0.393 e. The van der Waals surface area contributed by atoms with Gasteiger partial charge < -0.3 is 10.4 Å². The van der Waals surface area contributed by atoms with E-state index in [1.54, 1.807) is 6.07 Å². The maximum absolute atomic E-state index is 13.1. The van der Waals surface area contributed by atoms with Gasteiger partial charge in [-0.2, -0.15) is 5.10 Å². The molecule has 0 radical (unpaired) electrons. The van der Waals surface area contributed by atoms with Crippen molar-refractivity contribution in [2.24, 2.45) is 5.92 Å². The Kier molecular flexibility index (Phi) is 4.98. The summed E-state index contributed by atoms with van der Waals surface area (Å²) in [5.74, 6) is 0.713. The fraction of sp³-hybridized carbons (Fsp3) is 0.286. The molecule has 2 aromatic carbocycles. The van der Waals surface area contributed by atoms with E-state index < -0.39 is 0 Å². The van der Waals surface area contributed by atoms with Crippen LogP contribution in [0.3, 0.4) is 0 Å². The molecule has 1 aromatic heterocycles. The zero-order chi connectivity index (χ0) is 18.6. The van der Waals surface area contributed by atoms with Gasteiger partial charge >= 0.3 is 0 Å². The van der Waals surface area contributed by atoms with Gasteiger partial charge in [0.2, 0.25) is 0 Å². The zero-order valence-electron chi connectivity index (χ0n) is 14.9. The highest BCUT2D eigenvalue weighted by Crippen LogP contribution is 2.32. The lowest BCUT2D eigenvalue weighted by molar-refractivity contribution is 0.0239. The highest BCUT2D eigenvalue weighted by molar-refractivity contribution is 6.00. The number of carbonyl (C=O) groups is 1. The van der Waals surface area contributed by atoms with Crippen LogP contribution in [0.5, 0.6) is 0 Å². The molecule has 1 atom stereocenters. The van der Waals surface area contributed by atoms with Gasteiger partial charge in [-0.25, -0.2) is 4.98 Å². The van der Waals surface area contributed by atoms with E-state index in [0.29, 0.717) is 11.4 Å². The van der Waals surface area contributed by atoms with Gasteiger partial charge in [-0.1, -0.05) is 48.5 Å². The maximum Gasteiger partial charge on any atom is 0.252 e. The summed E-state index contributed by atoms with van der Waals surface area (Å²) in [7, 11) is 0. The Balaban J connectivity index is 1.55. The Morgan fingerprint density at radius 1 is 1.15 bits per heavy atom. The minimum Gasteiger partial charge on any atom is -0.393 e. The van der Waals surface area contributed by atoms with E-state index in [2.05, 4.69) is 32.6 Å². The first-order valence-corrected chi connectivity index (χ1v) is 9.18. The summed E-state index contributed by atoms with van der Waals surface area (Å²) in [5.41, 5.74) is 2.46. The number of rotatable bonds is 6. The van der Waals surface area contributed by atoms with Gasteiger partial charge in [0.15, 0.2) is 5.82 Å². The molecule has 3 aromatic rings. The van der Waals surface area contributed by atoms with Crippen LogP contribution >= 0.6 is 0 Å². The number of aromatic amines is 1. The molecule has 1 heterocycles. The van der Waals surface area contributed by atoms with Crippen LogP contribution in [0.4, 0.5) is 0 Å². The number of carbonyl (C=O) groups excluding carboxylic acids is 1. The van der Waals surface area contributed by atoms with Crippen LogP contribution in [0.25, 0.3) is 11.4 Å². The van der Waals surface area contributed by atoms with E-state index in [-0.39, 0.29) is 24.0 Å². The van der Waals surface area contributed by atoms with E-state index in [1.165, 1.54) is 11.9 Å². The van der Waals surface area contributed by atoms with E-state index in [4.69, 9.17) is 0 Å². The molecule has 3 N–H and O–H groups in total. The topological polar surface area (TPSA) is 90.9 Å². The van der Waals surface area contributed by atoms with Crippen LogP contribution in [0.15, 0.2) is 60.9 Å². The van der Waals surface area contributed by atoms with Crippen molar-refractivity contribution in [2.45, 2.75) is 31.4 Å². The van der Waals surface area contributed by atoms with Crippen molar-refractivity contribution in [3.8, 4) is 11.4 Å². The van der Waals surface area contributed by atoms with Crippen molar-refractivity contribution >= 4 is 5.91 Å². The second-order valence-electron chi connectivity index (χ2n) is 7.03. The van der Waals surface area contributed by atoms with Gasteiger partial charge in [-0.3, -0.25) is 9.89 Å². The Morgan fingerprint density at radius 3 is 2.59 bits per heavy atom. The Morgan fingerprint density at radius 2 is 1.89 bits per heavy atom. The Labute approximate surface area is 157 Å². The van der Waals surface area contributed by atoms with Gasteiger partial charge in [-0.05, 0) is 36.8 Å². The summed E-state index contributed by atoms with van der Waals surface area (Å²) >= 11 is 0. The zero-order valence-corrected chi connectivity index (χ0v) is 14.9. The summed E-state index contributed by atoms with van der Waals surface area (Å²) < 4.78 is 0. The van der Waals surface area contributed by atoms with E-state index in [9.17, 15) is 9.90 Å². The molecule has 1 aliphatic rings. The quantitative estimate of drug-likeness (QED) is 0.629. The lowest BCUT2D eigenvalue weighted by Gasteiger charge is -2.38. The normalized spacial score (nSPS) is 19.9. The standard InChI is InChI=1S/C21H22N4O2/c26-16-11-15(12-16)19(10-14-6-2-1-3-7-14)24-21(27)18-9-5-4-8-17(18)20-22-13-23-25-20/h1-9,13,15-16,19,26H,10-12H2,(H,24,27)(H,22,23,25)/t15?,16?,19-/m1/s1. The molecule has 1 fully saturated rings. The fourth-order valence-corrected chi connectivity index (χ4v) is 3.63. The van der Waals surface area contributed by atoms with Crippen molar-refractivity contribution < 1.29 is 9.90 Å². The smallest absolute Gasteiger partial charge is 0.252 e. The summed E-state index contributed by atoms with van der Waals surface area (Å²) in [6.07, 6.45) is 3.36. The third kappa shape index (κ3) is 3.90. The summed E-state index contributed by atoms with van der Waals surface area (Å²) in [4.78, 5) is 17.2. The third-order valence-electron chi connectivity index (χ3n) is 5.18. The minimum atomic E-state index is -0.258. The molecular weight excluding hydrogens is 340 g/mol. The van der Waals surface area contributed by atoms with Crippen molar-refractivity contribution in [1.29, 1.82) is 0 Å². The predicted molar refractivity (Wildman–Crippen MR) is 102 cm³/mol. The number of hydrogen-bond acceptors (Lipinski definition) is 4. The number of amides is 1. The van der Waals surface area contributed by atoms with Gasteiger partial charge in [-0.15, -0.1) is 0 Å². The number of nitrogens with one attached hydrogen (secondary N) is 2. The van der Waals surface area contributed by atoms with Gasteiger partial charge in [0.25, 0.3) is 5.91 Å². The molecule has 0 spiro atoms. The molecule has 1 aliphatic carbocycles. The summed E-state index contributed by atoms with van der Waals surface area (Å²) in [6, 6.07) is 17.5. The molecule has 0 unspecified atom stereocenters. The van der Waals surface area contributed by atoms with Crippen molar-refractivity contribution in [3.63, 3.8) is 0 Å². The highest BCUT2D eigenvalue weighted by atomic mass is 16.3. The first-order valence-electron chi connectivity index (χ1n) is 9.18. The van der Waals surface area contributed by atoms with Crippen LogP contribution in [0.2, 0.25) is 0 Å². The highest BCUT2D eigenvalue weighted by Gasteiger charge is 2.35. The molecule has 0 bridgehead atoms. The molecule has 0 saturated heterocycles. The Hall–Kier alpha value is -2.99. The number of H-pyrrole nitrogens is 1. The SMILES string of the molecule is O=C(N[C@H](Cc1ccccc1)C1CC(O)C1)c1ccccc1-c1ncn[nH]1. The molecule has 1 saturated carbocycles. The molecule has 6 heteroatoms. The number of hydrogen-bond donors (Lipinski definition) is 3. The predicted octanol–water partition coefficient (Wildman–Crippen LogP) is 2.58. The van der Waals surface area contributed by atoms with Crippen molar-refractivity contribution in [3.05, 3.63) is 72.1 Å². The van der Waals surface area contributed by atoms with Gasteiger partial charge in [0, 0.05) is 11.6 Å². The molecule has 0 aliphatic heterocycles.